The van der Waals surface area contributed by atoms with Crippen molar-refractivity contribution in [1.29, 1.82) is 0 Å². The highest BCUT2D eigenvalue weighted by Crippen LogP contribution is 2.46. The van der Waals surface area contributed by atoms with Crippen LogP contribution in [-0.2, 0) is 14.3 Å². The van der Waals surface area contributed by atoms with Gasteiger partial charge in [0.25, 0.3) is 11.7 Å². The number of carbonyl (C=O) groups is 2. The maximum absolute atomic E-state index is 13.2. The van der Waals surface area contributed by atoms with E-state index in [2.05, 4.69) is 0 Å². The Kier molecular flexibility index (Phi) is 6.55. The third-order valence-corrected chi connectivity index (χ3v) is 6.01. The maximum Gasteiger partial charge on any atom is 0.295 e. The van der Waals surface area contributed by atoms with Gasteiger partial charge in [-0.25, -0.2) is 0 Å². The summed E-state index contributed by atoms with van der Waals surface area (Å²) < 4.78 is 22.1. The van der Waals surface area contributed by atoms with Crippen LogP contribution in [0.15, 0.2) is 48.0 Å². The smallest absolute Gasteiger partial charge is 0.295 e. The molecular formula is C25H27NO7. The van der Waals surface area contributed by atoms with Gasteiger partial charge in [0.15, 0.2) is 11.5 Å². The molecule has 2 aliphatic heterocycles. The number of ether oxygens (including phenoxy) is 4. The van der Waals surface area contributed by atoms with Gasteiger partial charge in [-0.2, -0.15) is 0 Å². The minimum atomic E-state index is -0.844. The lowest BCUT2D eigenvalue weighted by Gasteiger charge is -2.28. The number of hydrogen-bond donors (Lipinski definition) is 1. The number of Topliss-reactive ketones (excluding diaryl/α,β-unsaturated/α-hetero) is 1. The first kappa shape index (κ1) is 22.7. The van der Waals surface area contributed by atoms with Crippen LogP contribution in [0, 0.1) is 0 Å². The molecule has 2 atom stereocenters. The molecule has 1 amide bonds. The maximum atomic E-state index is 13.2. The largest absolute Gasteiger partial charge is 0.507 e. The highest BCUT2D eigenvalue weighted by molar-refractivity contribution is 6.46. The number of benzene rings is 2. The van der Waals surface area contributed by atoms with E-state index in [0.29, 0.717) is 35.0 Å². The third kappa shape index (κ3) is 4.14. The molecule has 33 heavy (non-hydrogen) atoms. The van der Waals surface area contributed by atoms with E-state index in [1.165, 1.54) is 26.2 Å². The van der Waals surface area contributed by atoms with E-state index in [1.54, 1.807) is 36.4 Å². The lowest BCUT2D eigenvalue weighted by Crippen LogP contribution is -2.36. The van der Waals surface area contributed by atoms with Crippen LogP contribution in [0.5, 0.6) is 17.2 Å². The molecule has 0 aromatic heterocycles. The summed E-state index contributed by atoms with van der Waals surface area (Å²) >= 11 is 0. The molecule has 2 heterocycles. The number of nitrogens with zero attached hydrogens (tertiary/aromatic N) is 1. The van der Waals surface area contributed by atoms with Crippen molar-refractivity contribution < 1.29 is 33.6 Å². The molecule has 8 nitrogen and oxygen atoms in total. The van der Waals surface area contributed by atoms with E-state index in [9.17, 15) is 14.7 Å². The molecule has 2 aromatic carbocycles. The Hall–Kier alpha value is -3.52. The molecule has 0 radical (unpaired) electrons. The first-order chi connectivity index (χ1) is 16.0. The van der Waals surface area contributed by atoms with E-state index >= 15 is 0 Å². The number of aliphatic hydroxyl groups is 1. The summed E-state index contributed by atoms with van der Waals surface area (Å²) in [5, 5.41) is 11.1. The molecule has 4 rings (SSSR count). The van der Waals surface area contributed by atoms with Gasteiger partial charge < -0.3 is 29.0 Å². The fourth-order valence-corrected chi connectivity index (χ4v) is 4.43. The monoisotopic (exact) mass is 453 g/mol. The summed E-state index contributed by atoms with van der Waals surface area (Å²) in [6.45, 7) is 0.852. The van der Waals surface area contributed by atoms with Gasteiger partial charge in [-0.05, 0) is 30.5 Å². The number of methoxy groups -OCH3 is 3. The minimum Gasteiger partial charge on any atom is -0.507 e. The van der Waals surface area contributed by atoms with E-state index in [4.69, 9.17) is 18.9 Å². The van der Waals surface area contributed by atoms with Crippen LogP contribution >= 0.6 is 0 Å². The summed E-state index contributed by atoms with van der Waals surface area (Å²) in [5.41, 5.74) is 1.02. The fraction of sp³-hybridized carbons (Fsp3) is 0.360. The van der Waals surface area contributed by atoms with E-state index < -0.39 is 17.7 Å². The average molecular weight is 453 g/mol. The van der Waals surface area contributed by atoms with Gasteiger partial charge >= 0.3 is 0 Å². The standard InChI is InChI=1S/C25H27NO7/c1-30-18-12-16(13-19(31-2)24(18)32-3)21-20(22(27)15-8-5-4-6-9-15)23(28)25(29)26(21)14-17-10-7-11-33-17/h4-6,8-9,12-13,17,21,27H,7,10-11,14H2,1-3H3. The van der Waals surface area contributed by atoms with Crippen LogP contribution in [0.4, 0.5) is 0 Å². The predicted molar refractivity (Wildman–Crippen MR) is 121 cm³/mol. The molecule has 2 aliphatic rings. The van der Waals surface area contributed by atoms with E-state index in [1.807, 2.05) is 6.07 Å². The van der Waals surface area contributed by atoms with Gasteiger partial charge in [-0.1, -0.05) is 30.3 Å². The highest BCUT2D eigenvalue weighted by atomic mass is 16.5. The van der Waals surface area contributed by atoms with Crippen LogP contribution in [0.3, 0.4) is 0 Å². The molecule has 8 heteroatoms. The molecule has 2 aromatic rings. The summed E-state index contributed by atoms with van der Waals surface area (Å²) in [6.07, 6.45) is 1.52. The van der Waals surface area contributed by atoms with Crippen LogP contribution in [-0.4, -0.2) is 62.3 Å². The molecule has 0 bridgehead atoms. The molecule has 0 aliphatic carbocycles. The number of carbonyl (C=O) groups excluding carboxylic acids is 2. The van der Waals surface area contributed by atoms with Gasteiger partial charge in [-0.3, -0.25) is 9.59 Å². The first-order valence-corrected chi connectivity index (χ1v) is 10.8. The Bertz CT molecular complexity index is 1050. The fourth-order valence-electron chi connectivity index (χ4n) is 4.43. The normalized spacial score (nSPS) is 22.0. The van der Waals surface area contributed by atoms with Gasteiger partial charge in [0, 0.05) is 18.7 Å². The van der Waals surface area contributed by atoms with Crippen LogP contribution < -0.4 is 14.2 Å². The van der Waals surface area contributed by atoms with Crippen molar-refractivity contribution >= 4 is 17.4 Å². The zero-order valence-electron chi connectivity index (χ0n) is 18.9. The second-order valence-electron chi connectivity index (χ2n) is 7.91. The SMILES string of the molecule is COc1cc(C2C(=C(O)c3ccccc3)C(=O)C(=O)N2CC2CCCO2)cc(OC)c1OC. The second kappa shape index (κ2) is 9.54. The number of aliphatic hydroxyl groups excluding tert-OH is 1. The van der Waals surface area contributed by atoms with Crippen LogP contribution in [0.1, 0.15) is 30.0 Å². The Morgan fingerprint density at radius 3 is 2.27 bits per heavy atom. The predicted octanol–water partition coefficient (Wildman–Crippen LogP) is 3.31. The number of likely N-dealkylation sites (tertiary alicyclic amines) is 1. The molecule has 2 unspecified atom stereocenters. The first-order valence-electron chi connectivity index (χ1n) is 10.8. The van der Waals surface area contributed by atoms with Crippen LogP contribution in [0.25, 0.3) is 5.76 Å². The van der Waals surface area contributed by atoms with Crippen molar-refractivity contribution in [3.8, 4) is 17.2 Å². The van der Waals surface area contributed by atoms with E-state index in [0.717, 1.165) is 12.8 Å². The van der Waals surface area contributed by atoms with Crippen molar-refractivity contribution in [3.63, 3.8) is 0 Å². The zero-order valence-corrected chi connectivity index (χ0v) is 18.9. The highest BCUT2D eigenvalue weighted by Gasteiger charge is 2.47. The Labute approximate surface area is 192 Å². The summed E-state index contributed by atoms with van der Waals surface area (Å²) in [4.78, 5) is 27.8. The van der Waals surface area contributed by atoms with Crippen molar-refractivity contribution in [1.82, 2.24) is 4.90 Å². The molecule has 2 fully saturated rings. The molecule has 1 N–H and O–H groups in total. The number of amides is 1. The quantitative estimate of drug-likeness (QED) is 0.390. The summed E-state index contributed by atoms with van der Waals surface area (Å²) in [7, 11) is 4.49. The number of rotatable bonds is 7. The van der Waals surface area contributed by atoms with Gasteiger partial charge in [-0.15, -0.1) is 0 Å². The van der Waals surface area contributed by atoms with Gasteiger partial charge in [0.2, 0.25) is 5.75 Å². The Morgan fingerprint density at radius 1 is 1.06 bits per heavy atom. The molecule has 0 spiro atoms. The average Bonchev–Trinajstić information content (AvgIpc) is 3.45. The van der Waals surface area contributed by atoms with Crippen molar-refractivity contribution in [3.05, 3.63) is 59.2 Å². The summed E-state index contributed by atoms with van der Waals surface area (Å²) in [5.74, 6) is -0.496. The molecule has 2 saturated heterocycles. The second-order valence-corrected chi connectivity index (χ2v) is 7.91. The van der Waals surface area contributed by atoms with Gasteiger partial charge in [0.1, 0.15) is 5.76 Å². The van der Waals surface area contributed by atoms with Crippen molar-refractivity contribution in [2.75, 3.05) is 34.5 Å². The van der Waals surface area contributed by atoms with Crippen molar-refractivity contribution in [2.45, 2.75) is 25.0 Å². The molecule has 174 valence electrons. The molecular weight excluding hydrogens is 426 g/mol. The number of ketones is 1. The topological polar surface area (TPSA) is 94.5 Å². The number of hydrogen-bond acceptors (Lipinski definition) is 7. The van der Waals surface area contributed by atoms with Crippen molar-refractivity contribution in [2.24, 2.45) is 0 Å². The Balaban J connectivity index is 1.90. The third-order valence-electron chi connectivity index (χ3n) is 6.01. The summed E-state index contributed by atoms with van der Waals surface area (Å²) in [6, 6.07) is 11.2. The lowest BCUT2D eigenvalue weighted by atomic mass is 9.94. The van der Waals surface area contributed by atoms with Gasteiger partial charge in [0.05, 0.1) is 39.0 Å². The zero-order chi connectivity index (χ0) is 23.5. The van der Waals surface area contributed by atoms with E-state index in [-0.39, 0.29) is 24.0 Å². The minimum absolute atomic E-state index is 0.0125. The Morgan fingerprint density at radius 2 is 1.73 bits per heavy atom. The lowest BCUT2D eigenvalue weighted by molar-refractivity contribution is -0.140. The molecule has 0 saturated carbocycles. The van der Waals surface area contributed by atoms with Crippen LogP contribution in [0.2, 0.25) is 0 Å².